The van der Waals surface area contributed by atoms with Crippen LogP contribution in [0.4, 0.5) is 8.78 Å². The molecule has 0 bridgehead atoms. The van der Waals surface area contributed by atoms with Crippen LogP contribution in [0.3, 0.4) is 0 Å². The minimum absolute atomic E-state index is 0.0842. The van der Waals surface area contributed by atoms with Crippen molar-refractivity contribution in [2.75, 3.05) is 7.11 Å². The van der Waals surface area contributed by atoms with E-state index in [1.807, 2.05) is 0 Å². The van der Waals surface area contributed by atoms with E-state index in [9.17, 15) is 13.6 Å². The summed E-state index contributed by atoms with van der Waals surface area (Å²) in [5, 5.41) is 2.63. The Hall–Kier alpha value is -2.43. The number of hydrogen-bond donors (Lipinski definition) is 1. The highest BCUT2D eigenvalue weighted by Gasteiger charge is 2.16. The van der Waals surface area contributed by atoms with E-state index < -0.39 is 17.8 Å². The second-order valence-electron chi connectivity index (χ2n) is 4.60. The predicted octanol–water partition coefficient (Wildman–Crippen LogP) is 3.46. The molecule has 21 heavy (non-hydrogen) atoms. The number of benzene rings is 2. The van der Waals surface area contributed by atoms with Crippen LogP contribution in [0.15, 0.2) is 42.5 Å². The van der Waals surface area contributed by atoms with E-state index in [-0.39, 0.29) is 11.4 Å². The van der Waals surface area contributed by atoms with E-state index in [0.29, 0.717) is 11.3 Å². The van der Waals surface area contributed by atoms with Crippen LogP contribution in [0, 0.1) is 11.6 Å². The first kappa shape index (κ1) is 15.0. The van der Waals surface area contributed by atoms with Gasteiger partial charge in [-0.25, -0.2) is 8.78 Å². The molecule has 0 heterocycles. The van der Waals surface area contributed by atoms with Crippen LogP contribution in [0.2, 0.25) is 0 Å². The zero-order valence-electron chi connectivity index (χ0n) is 11.7. The van der Waals surface area contributed by atoms with Gasteiger partial charge in [0.25, 0.3) is 5.91 Å². The fraction of sp³-hybridized carbons (Fsp3) is 0.188. The molecular weight excluding hydrogens is 276 g/mol. The number of ether oxygens (including phenoxy) is 1. The summed E-state index contributed by atoms with van der Waals surface area (Å²) in [5.74, 6) is -1.28. The average Bonchev–Trinajstić information content (AvgIpc) is 2.46. The van der Waals surface area contributed by atoms with Gasteiger partial charge in [0.15, 0.2) is 0 Å². The molecule has 0 saturated carbocycles. The average molecular weight is 291 g/mol. The van der Waals surface area contributed by atoms with Crippen LogP contribution in [0.25, 0.3) is 0 Å². The number of methoxy groups -OCH3 is 1. The van der Waals surface area contributed by atoms with E-state index >= 15 is 0 Å². The summed E-state index contributed by atoms with van der Waals surface area (Å²) in [6, 6.07) is 9.46. The molecule has 1 unspecified atom stereocenters. The molecule has 110 valence electrons. The lowest BCUT2D eigenvalue weighted by Gasteiger charge is -2.15. The van der Waals surface area contributed by atoms with Crippen LogP contribution in [-0.4, -0.2) is 13.0 Å². The molecule has 2 rings (SSSR count). The highest BCUT2D eigenvalue weighted by Crippen LogP contribution is 2.18. The molecule has 0 saturated heterocycles. The summed E-state index contributed by atoms with van der Waals surface area (Å²) in [6.45, 7) is 1.70. The van der Waals surface area contributed by atoms with E-state index in [0.717, 1.165) is 6.07 Å². The number of carbonyl (C=O) groups excluding carboxylic acids is 1. The summed E-state index contributed by atoms with van der Waals surface area (Å²) in [7, 11) is 1.42. The van der Waals surface area contributed by atoms with Crippen molar-refractivity contribution in [3.05, 3.63) is 65.2 Å². The minimum atomic E-state index is -0.668. The van der Waals surface area contributed by atoms with E-state index in [1.54, 1.807) is 19.1 Å². The second-order valence-corrected chi connectivity index (χ2v) is 4.60. The van der Waals surface area contributed by atoms with Crippen LogP contribution in [0.5, 0.6) is 5.75 Å². The monoisotopic (exact) mass is 291 g/mol. The van der Waals surface area contributed by atoms with Crippen molar-refractivity contribution in [1.82, 2.24) is 5.32 Å². The third-order valence-corrected chi connectivity index (χ3v) is 3.12. The lowest BCUT2D eigenvalue weighted by Crippen LogP contribution is -2.27. The Morgan fingerprint density at radius 1 is 1.19 bits per heavy atom. The molecule has 0 aliphatic heterocycles. The minimum Gasteiger partial charge on any atom is -0.497 e. The summed E-state index contributed by atoms with van der Waals surface area (Å²) in [5.41, 5.74) is 0.524. The third-order valence-electron chi connectivity index (χ3n) is 3.12. The molecule has 0 aromatic heterocycles. The highest BCUT2D eigenvalue weighted by atomic mass is 19.1. The zero-order valence-corrected chi connectivity index (χ0v) is 11.7. The Bertz CT molecular complexity index is 658. The number of halogens is 2. The van der Waals surface area contributed by atoms with Crippen molar-refractivity contribution < 1.29 is 18.3 Å². The molecule has 0 aliphatic rings. The second kappa shape index (κ2) is 6.35. The number of carbonyl (C=O) groups is 1. The molecular formula is C16H15F2NO2. The topological polar surface area (TPSA) is 38.3 Å². The maximum atomic E-state index is 13.8. The number of hydrogen-bond acceptors (Lipinski definition) is 2. The summed E-state index contributed by atoms with van der Waals surface area (Å²) in [4.78, 5) is 12.0. The fourth-order valence-corrected chi connectivity index (χ4v) is 1.94. The van der Waals surface area contributed by atoms with Gasteiger partial charge in [0, 0.05) is 6.07 Å². The van der Waals surface area contributed by atoms with Crippen molar-refractivity contribution in [1.29, 1.82) is 0 Å². The standard InChI is InChI=1S/C16H15F2NO2/c1-10(11-4-3-5-12(17)8-11)19-16(20)14-7-6-13(21-2)9-15(14)18/h3-10H,1-2H3,(H,19,20). The molecule has 1 amide bonds. The Balaban J connectivity index is 2.14. The highest BCUT2D eigenvalue weighted by molar-refractivity contribution is 5.94. The lowest BCUT2D eigenvalue weighted by atomic mass is 10.1. The van der Waals surface area contributed by atoms with Gasteiger partial charge in [-0.3, -0.25) is 4.79 Å². The van der Waals surface area contributed by atoms with Crippen molar-refractivity contribution >= 4 is 5.91 Å². The smallest absolute Gasteiger partial charge is 0.254 e. The molecule has 2 aromatic carbocycles. The van der Waals surface area contributed by atoms with Crippen LogP contribution < -0.4 is 10.1 Å². The molecule has 0 fully saturated rings. The van der Waals surface area contributed by atoms with Gasteiger partial charge in [-0.2, -0.15) is 0 Å². The van der Waals surface area contributed by atoms with E-state index in [2.05, 4.69) is 5.32 Å². The molecule has 1 atom stereocenters. The summed E-state index contributed by atoms with van der Waals surface area (Å²) < 4.78 is 31.8. The molecule has 3 nitrogen and oxygen atoms in total. The van der Waals surface area contributed by atoms with Crippen LogP contribution in [-0.2, 0) is 0 Å². The first-order valence-electron chi connectivity index (χ1n) is 6.41. The Kier molecular flexibility index (Phi) is 4.52. The fourth-order valence-electron chi connectivity index (χ4n) is 1.94. The van der Waals surface area contributed by atoms with Crippen LogP contribution in [0.1, 0.15) is 28.9 Å². The van der Waals surface area contributed by atoms with Gasteiger partial charge in [-0.15, -0.1) is 0 Å². The number of nitrogens with one attached hydrogen (secondary N) is 1. The molecule has 2 aromatic rings. The number of amides is 1. The number of rotatable bonds is 4. The van der Waals surface area contributed by atoms with Gasteiger partial charge in [-0.05, 0) is 36.8 Å². The van der Waals surface area contributed by atoms with Gasteiger partial charge in [0.2, 0.25) is 0 Å². The van der Waals surface area contributed by atoms with Crippen molar-refractivity contribution in [3.63, 3.8) is 0 Å². The van der Waals surface area contributed by atoms with Gasteiger partial charge in [-0.1, -0.05) is 12.1 Å². The van der Waals surface area contributed by atoms with Crippen molar-refractivity contribution in [3.8, 4) is 5.75 Å². The van der Waals surface area contributed by atoms with Gasteiger partial charge < -0.3 is 10.1 Å². The first-order chi connectivity index (χ1) is 10.0. The van der Waals surface area contributed by atoms with Crippen molar-refractivity contribution in [2.45, 2.75) is 13.0 Å². The summed E-state index contributed by atoms with van der Waals surface area (Å²) in [6.07, 6.45) is 0. The molecule has 0 spiro atoms. The quantitative estimate of drug-likeness (QED) is 0.936. The zero-order chi connectivity index (χ0) is 15.4. The van der Waals surface area contributed by atoms with Gasteiger partial charge >= 0.3 is 0 Å². The molecule has 0 radical (unpaired) electrons. The lowest BCUT2D eigenvalue weighted by molar-refractivity contribution is 0.0935. The first-order valence-corrected chi connectivity index (χ1v) is 6.41. The Labute approximate surface area is 121 Å². The summed E-state index contributed by atoms with van der Waals surface area (Å²) >= 11 is 0. The SMILES string of the molecule is COc1ccc(C(=O)NC(C)c2cccc(F)c2)c(F)c1. The molecule has 0 aliphatic carbocycles. The molecule has 1 N–H and O–H groups in total. The van der Waals surface area contributed by atoms with Gasteiger partial charge in [0.05, 0.1) is 18.7 Å². The largest absolute Gasteiger partial charge is 0.497 e. The normalized spacial score (nSPS) is 11.8. The maximum absolute atomic E-state index is 13.8. The maximum Gasteiger partial charge on any atom is 0.254 e. The van der Waals surface area contributed by atoms with Crippen molar-refractivity contribution in [2.24, 2.45) is 0 Å². The predicted molar refractivity (Wildman–Crippen MR) is 75.2 cm³/mol. The van der Waals surface area contributed by atoms with E-state index in [4.69, 9.17) is 4.74 Å². The molecule has 5 heteroatoms. The van der Waals surface area contributed by atoms with Gasteiger partial charge in [0.1, 0.15) is 17.4 Å². The Morgan fingerprint density at radius 2 is 1.95 bits per heavy atom. The Morgan fingerprint density at radius 3 is 2.57 bits per heavy atom. The van der Waals surface area contributed by atoms with E-state index in [1.165, 1.54) is 31.4 Å². The van der Waals surface area contributed by atoms with Crippen LogP contribution >= 0.6 is 0 Å². The third kappa shape index (κ3) is 3.56.